The minimum Gasteiger partial charge on any atom is -0.508 e. The van der Waals surface area contributed by atoms with E-state index < -0.39 is 28.1 Å². The number of phenols is 1. The Hall–Kier alpha value is -7.71. The molecule has 0 fully saturated rings. The number of pyridine rings is 2. The van der Waals surface area contributed by atoms with Crippen LogP contribution >= 0.6 is 0 Å². The topological polar surface area (TPSA) is 234 Å². The van der Waals surface area contributed by atoms with E-state index >= 15 is 0 Å². The molecule has 11 rings (SSSR count). The highest BCUT2D eigenvalue weighted by atomic mass is 16.6. The van der Waals surface area contributed by atoms with Crippen LogP contribution in [0, 0.1) is 10.1 Å². The van der Waals surface area contributed by atoms with Crippen LogP contribution in [0.2, 0.25) is 0 Å². The van der Waals surface area contributed by atoms with Gasteiger partial charge in [0.25, 0.3) is 11.1 Å². The number of carbonyl (C=O) groups is 2. The van der Waals surface area contributed by atoms with E-state index in [0.29, 0.717) is 54.2 Å². The summed E-state index contributed by atoms with van der Waals surface area (Å²) in [7, 11) is 9.61. The fourth-order valence-corrected chi connectivity index (χ4v) is 11.1. The zero-order valence-electron chi connectivity index (χ0n) is 45.4. The Morgan fingerprint density at radius 3 is 1.61 bits per heavy atom. The van der Waals surface area contributed by atoms with E-state index in [2.05, 4.69) is 22.0 Å². The molecule has 77 heavy (non-hydrogen) atoms. The number of nitro groups is 1. The van der Waals surface area contributed by atoms with E-state index in [-0.39, 0.29) is 54.3 Å². The second-order valence-electron chi connectivity index (χ2n) is 21.7. The lowest BCUT2D eigenvalue weighted by molar-refractivity contribution is -0.396. The van der Waals surface area contributed by atoms with E-state index in [1.807, 2.05) is 91.1 Å². The van der Waals surface area contributed by atoms with Crippen molar-refractivity contribution in [2.45, 2.75) is 110 Å². The molecule has 0 saturated heterocycles. The first kappa shape index (κ1) is 54.1. The lowest BCUT2D eigenvalue weighted by Gasteiger charge is -2.31. The molecule has 0 spiro atoms. The molecule has 2 atom stereocenters. The first-order valence-electron chi connectivity index (χ1n) is 25.7. The summed E-state index contributed by atoms with van der Waals surface area (Å²) in [4.78, 5) is 69.1. The van der Waals surface area contributed by atoms with Crippen molar-refractivity contribution < 1.29 is 44.0 Å². The monoisotopic (exact) mass is 1050 g/mol. The van der Waals surface area contributed by atoms with Crippen molar-refractivity contribution in [3.05, 3.63) is 148 Å². The van der Waals surface area contributed by atoms with Gasteiger partial charge in [-0.05, 0) is 134 Å². The number of aromatic nitrogens is 4. The van der Waals surface area contributed by atoms with Crippen LogP contribution in [0.1, 0.15) is 105 Å². The Balaban J connectivity index is 0.000000153. The minimum absolute atomic E-state index is 0.107. The summed E-state index contributed by atoms with van der Waals surface area (Å²) < 4.78 is 21.1. The lowest BCUT2D eigenvalue weighted by Crippen LogP contribution is -2.44. The third kappa shape index (κ3) is 9.23. The van der Waals surface area contributed by atoms with E-state index in [0.717, 1.165) is 78.6 Å². The zero-order valence-corrected chi connectivity index (χ0v) is 45.4. The van der Waals surface area contributed by atoms with Crippen molar-refractivity contribution in [1.82, 2.24) is 28.5 Å². The van der Waals surface area contributed by atoms with Gasteiger partial charge in [-0.3, -0.25) is 9.59 Å². The quantitative estimate of drug-likeness (QED) is 0.0735. The van der Waals surface area contributed by atoms with Crippen molar-refractivity contribution in [2.75, 3.05) is 34.8 Å². The molecule has 0 aliphatic carbocycles. The fraction of sp³-hybridized carbons (Fsp3) is 0.397. The van der Waals surface area contributed by atoms with Crippen LogP contribution in [0.3, 0.4) is 0 Å². The van der Waals surface area contributed by atoms with Gasteiger partial charge in [0.1, 0.15) is 36.6 Å². The maximum Gasteiger partial charge on any atom is 0.434 e. The molecule has 3 aromatic heterocycles. The van der Waals surface area contributed by atoms with Gasteiger partial charge in [0.05, 0.1) is 49.3 Å². The minimum atomic E-state index is -1.81. The average Bonchev–Trinajstić information content (AvgIpc) is 4.32. The van der Waals surface area contributed by atoms with Crippen LogP contribution in [0.15, 0.2) is 76.4 Å². The predicted molar refractivity (Wildman–Crippen MR) is 290 cm³/mol. The Bertz CT molecular complexity index is 3720. The zero-order chi connectivity index (χ0) is 55.8. The van der Waals surface area contributed by atoms with Crippen LogP contribution in [0.5, 0.6) is 11.5 Å². The molecule has 7 aromatic rings. The number of aromatic hydroxyl groups is 1. The molecule has 0 amide bonds. The molecule has 0 radical (unpaired) electrons. The van der Waals surface area contributed by atoms with Gasteiger partial charge in [-0.15, -0.1) is 0 Å². The summed E-state index contributed by atoms with van der Waals surface area (Å²) in [6.07, 6.45) is 1.82. The first-order chi connectivity index (χ1) is 36.4. The van der Waals surface area contributed by atoms with Crippen LogP contribution in [0.25, 0.3) is 44.1 Å². The molecule has 19 nitrogen and oxygen atoms in total. The summed E-state index contributed by atoms with van der Waals surface area (Å²) in [5.74, 6) is -0.411. The lowest BCUT2D eigenvalue weighted by atomic mass is 9.85. The number of aliphatic hydroxyl groups is 2. The van der Waals surface area contributed by atoms with Crippen LogP contribution in [0.4, 0.5) is 5.95 Å². The SMILES string of the molecule is CCC1(O)C(=O)OCc2c1cc1n(c2=O)Cc2cc3c(CN(C)C)c(O)ccc3cc2-1.CCOc1ccc2cc3c(cc2c1CN(C)C)Cn1c-3cc2c(c1=O)COC(=O)C2(O)CC.Cn1c(C(C)(C)C)cnc1[N+](=O)[O-]. The summed E-state index contributed by atoms with van der Waals surface area (Å²) in [5.41, 5.74) is 5.26. The normalized spacial score (nSPS) is 17.8. The Morgan fingerprint density at radius 1 is 0.727 bits per heavy atom. The highest BCUT2D eigenvalue weighted by Crippen LogP contribution is 2.43. The maximum absolute atomic E-state index is 13.4. The van der Waals surface area contributed by atoms with Gasteiger partial charge in [-0.1, -0.05) is 51.7 Å². The number of hydrogen-bond donors (Lipinski definition) is 3. The Labute approximate surface area is 444 Å². The number of rotatable bonds is 9. The average molecular weight is 1050 g/mol. The first-order valence-corrected chi connectivity index (χ1v) is 25.7. The number of imidazole rings is 1. The van der Waals surface area contributed by atoms with Crippen LogP contribution in [-0.2, 0) is 82.1 Å². The Kier molecular flexibility index (Phi) is 14.1. The number of cyclic esters (lactones) is 2. The number of phenolic OH excluding ortho intramolecular Hbond substituents is 1. The molecular weight excluding hydrogens is 987 g/mol. The number of hydrogen-bond acceptors (Lipinski definition) is 15. The fourth-order valence-electron chi connectivity index (χ4n) is 11.1. The number of ether oxygens (including phenoxy) is 3. The summed E-state index contributed by atoms with van der Waals surface area (Å²) in [5, 5.41) is 47.0. The third-order valence-electron chi connectivity index (χ3n) is 15.1. The van der Waals surface area contributed by atoms with Gasteiger partial charge >= 0.3 is 17.9 Å². The molecule has 0 saturated carbocycles. The second kappa shape index (κ2) is 20.0. The van der Waals surface area contributed by atoms with Crippen LogP contribution in [-0.4, -0.2) is 95.5 Å². The van der Waals surface area contributed by atoms with Crippen molar-refractivity contribution >= 4 is 39.4 Å². The molecule has 404 valence electrons. The predicted octanol–water partition coefficient (Wildman–Crippen LogP) is 7.22. The molecule has 19 heteroatoms. The van der Waals surface area contributed by atoms with Crippen molar-refractivity contribution in [1.29, 1.82) is 0 Å². The van der Waals surface area contributed by atoms with Gasteiger partial charge in [0.15, 0.2) is 11.2 Å². The van der Waals surface area contributed by atoms with Gasteiger partial charge in [0.2, 0.25) is 0 Å². The van der Waals surface area contributed by atoms with E-state index in [9.17, 15) is 44.6 Å². The smallest absolute Gasteiger partial charge is 0.434 e. The number of benzene rings is 4. The summed E-state index contributed by atoms with van der Waals surface area (Å²) in [6.45, 7) is 13.9. The van der Waals surface area contributed by atoms with Crippen LogP contribution < -0.4 is 15.9 Å². The molecule has 7 heterocycles. The molecule has 4 aliphatic heterocycles. The van der Waals surface area contributed by atoms with Crippen molar-refractivity contribution in [3.63, 3.8) is 0 Å². The van der Waals surface area contributed by atoms with Gasteiger partial charge < -0.3 is 58.6 Å². The molecule has 3 N–H and O–H groups in total. The van der Waals surface area contributed by atoms with E-state index in [1.54, 1.807) is 54.4 Å². The van der Waals surface area contributed by atoms with E-state index in [1.165, 1.54) is 4.57 Å². The largest absolute Gasteiger partial charge is 0.508 e. The summed E-state index contributed by atoms with van der Waals surface area (Å²) in [6, 6.07) is 19.4. The third-order valence-corrected chi connectivity index (χ3v) is 15.1. The second-order valence-corrected chi connectivity index (χ2v) is 21.7. The van der Waals surface area contributed by atoms with Crippen molar-refractivity contribution in [2.24, 2.45) is 7.05 Å². The van der Waals surface area contributed by atoms with Gasteiger partial charge in [-0.2, -0.15) is 0 Å². The van der Waals surface area contributed by atoms with Gasteiger partial charge in [-0.25, -0.2) is 14.2 Å². The molecule has 4 aromatic carbocycles. The number of carbonyl (C=O) groups excluding carboxylic acids is 2. The van der Waals surface area contributed by atoms with Crippen molar-refractivity contribution in [3.8, 4) is 34.0 Å². The van der Waals surface area contributed by atoms with E-state index in [4.69, 9.17) is 14.2 Å². The number of fused-ring (bicyclic) bond motifs is 10. The highest BCUT2D eigenvalue weighted by Gasteiger charge is 2.47. The standard InChI is InChI=1S/C26H28N2O5.C24H24N2O5.C8H13N3O2/c1-5-26(31)21-11-22-18-9-15-7-8-23(32-6-2)19(13-27(3)4)17(15)10-16(18)12-28(22)24(29)20(21)14-33-25(26)30;1-4-24(30)19-9-20-16-7-13-5-6-21(27)17(11-25(2)3)15(13)8-14(16)10-26(20)22(28)18(19)12-31-23(24)29;1-8(2,3)6-5-9-7(10(6)4)11(12)13/h7-11,31H,5-6,12-14H2,1-4H3;5-9,27,30H,4,10-12H2,1-3H3;5H,1-4H3. The Morgan fingerprint density at radius 2 is 1.19 bits per heavy atom. The summed E-state index contributed by atoms with van der Waals surface area (Å²) >= 11 is 0. The number of esters is 2. The molecule has 4 aliphatic rings. The number of nitrogens with zero attached hydrogens (tertiary/aromatic N) is 7. The maximum atomic E-state index is 13.4. The van der Waals surface area contributed by atoms with Gasteiger partial charge in [0, 0.05) is 51.9 Å². The highest BCUT2D eigenvalue weighted by molar-refractivity contribution is 5.95. The molecular formula is C58H65N7O12. The molecule has 0 bridgehead atoms. The molecule has 2 unspecified atom stereocenters.